The van der Waals surface area contributed by atoms with Crippen molar-refractivity contribution < 1.29 is 9.47 Å². The molecule has 1 aromatic carbocycles. The zero-order chi connectivity index (χ0) is 13.3. The van der Waals surface area contributed by atoms with Crippen LogP contribution in [0.4, 0.5) is 0 Å². The second-order valence-electron chi connectivity index (χ2n) is 5.01. The summed E-state index contributed by atoms with van der Waals surface area (Å²) in [5.74, 6) is 0. The van der Waals surface area contributed by atoms with Gasteiger partial charge in [-0.3, -0.25) is 0 Å². The van der Waals surface area contributed by atoms with E-state index in [4.69, 9.17) is 20.9 Å². The van der Waals surface area contributed by atoms with E-state index in [0.717, 1.165) is 16.8 Å². The lowest BCUT2D eigenvalue weighted by molar-refractivity contribution is -0.0441. The molecule has 1 fully saturated rings. The van der Waals surface area contributed by atoms with Crippen LogP contribution in [0.15, 0.2) is 48.2 Å². The molecular formula is C15H18N2O2. The Morgan fingerprint density at radius 1 is 1.11 bits per heavy atom. The molecule has 2 aliphatic rings. The third kappa shape index (κ3) is 2.42. The molecule has 4 nitrogen and oxygen atoms in total. The Balaban J connectivity index is 1.82. The van der Waals surface area contributed by atoms with Crippen molar-refractivity contribution >= 4 is 0 Å². The van der Waals surface area contributed by atoms with Crippen LogP contribution in [0, 0.1) is 0 Å². The molecule has 0 amide bonds. The van der Waals surface area contributed by atoms with Crippen LogP contribution in [0.2, 0.25) is 0 Å². The second kappa shape index (κ2) is 4.81. The summed E-state index contributed by atoms with van der Waals surface area (Å²) in [5.41, 5.74) is 14.6. The fraction of sp³-hybridized carbons (Fsp3) is 0.333. The summed E-state index contributed by atoms with van der Waals surface area (Å²) in [6, 6.07) is 8.04. The van der Waals surface area contributed by atoms with Gasteiger partial charge in [0.1, 0.15) is 0 Å². The summed E-state index contributed by atoms with van der Waals surface area (Å²) in [6.45, 7) is 1.30. The van der Waals surface area contributed by atoms with Gasteiger partial charge in [0.2, 0.25) is 0 Å². The molecule has 0 radical (unpaired) electrons. The second-order valence-corrected chi connectivity index (χ2v) is 5.01. The maximum atomic E-state index is 6.40. The van der Waals surface area contributed by atoms with Gasteiger partial charge in [-0.1, -0.05) is 36.4 Å². The molecule has 1 heterocycles. The number of ether oxygens (including phenoxy) is 2. The van der Waals surface area contributed by atoms with Crippen LogP contribution in [-0.2, 0) is 15.0 Å². The van der Waals surface area contributed by atoms with Crippen LogP contribution >= 0.6 is 0 Å². The van der Waals surface area contributed by atoms with E-state index >= 15 is 0 Å². The monoisotopic (exact) mass is 258 g/mol. The summed E-state index contributed by atoms with van der Waals surface area (Å²) < 4.78 is 10.9. The Morgan fingerprint density at radius 2 is 1.79 bits per heavy atom. The molecule has 1 saturated heterocycles. The van der Waals surface area contributed by atoms with Crippen molar-refractivity contribution in [1.82, 2.24) is 0 Å². The van der Waals surface area contributed by atoms with E-state index in [1.54, 1.807) is 0 Å². The molecule has 0 bridgehead atoms. The number of rotatable bonds is 2. The molecule has 1 aliphatic carbocycles. The van der Waals surface area contributed by atoms with Crippen molar-refractivity contribution in [3.05, 3.63) is 59.3 Å². The van der Waals surface area contributed by atoms with Crippen molar-refractivity contribution in [2.24, 2.45) is 11.5 Å². The van der Waals surface area contributed by atoms with Gasteiger partial charge in [-0.25, -0.2) is 0 Å². The van der Waals surface area contributed by atoms with Crippen LogP contribution in [-0.4, -0.2) is 13.2 Å². The van der Waals surface area contributed by atoms with Crippen molar-refractivity contribution in [3.8, 4) is 0 Å². The zero-order valence-electron chi connectivity index (χ0n) is 10.7. The van der Waals surface area contributed by atoms with Gasteiger partial charge in [0.25, 0.3) is 0 Å². The number of allylic oxidation sites excluding steroid dienone is 2. The van der Waals surface area contributed by atoms with Gasteiger partial charge in [-0.2, -0.15) is 0 Å². The van der Waals surface area contributed by atoms with E-state index < -0.39 is 5.54 Å². The zero-order valence-corrected chi connectivity index (χ0v) is 10.7. The number of hydrogen-bond donors (Lipinski definition) is 2. The topological polar surface area (TPSA) is 70.5 Å². The first kappa shape index (κ1) is 12.4. The standard InChI is InChI=1S/C15H18N2O2/c16-13-2-1-7-15(17,10-13)12-5-3-11(4-6-12)14-18-8-9-19-14/h1-7,14H,8-10,16-17H2. The van der Waals surface area contributed by atoms with Gasteiger partial charge >= 0.3 is 0 Å². The quantitative estimate of drug-likeness (QED) is 0.847. The minimum absolute atomic E-state index is 0.241. The van der Waals surface area contributed by atoms with E-state index in [0.29, 0.717) is 19.6 Å². The van der Waals surface area contributed by atoms with E-state index in [2.05, 4.69) is 0 Å². The van der Waals surface area contributed by atoms with E-state index in [1.807, 2.05) is 42.5 Å². The van der Waals surface area contributed by atoms with Crippen LogP contribution < -0.4 is 11.5 Å². The first-order valence-corrected chi connectivity index (χ1v) is 6.44. The van der Waals surface area contributed by atoms with Gasteiger partial charge < -0.3 is 20.9 Å². The molecule has 1 atom stereocenters. The van der Waals surface area contributed by atoms with Crippen LogP contribution in [0.3, 0.4) is 0 Å². The predicted octanol–water partition coefficient (Wildman–Crippen LogP) is 1.69. The van der Waals surface area contributed by atoms with Crippen LogP contribution in [0.1, 0.15) is 23.8 Å². The first-order valence-electron chi connectivity index (χ1n) is 6.44. The molecule has 1 aliphatic heterocycles. The third-order valence-corrected chi connectivity index (χ3v) is 3.54. The minimum Gasteiger partial charge on any atom is -0.402 e. The molecule has 0 spiro atoms. The summed E-state index contributed by atoms with van der Waals surface area (Å²) in [7, 11) is 0. The Hall–Kier alpha value is -1.62. The summed E-state index contributed by atoms with van der Waals surface area (Å²) in [6.07, 6.45) is 6.19. The van der Waals surface area contributed by atoms with E-state index in [1.165, 1.54) is 0 Å². The highest BCUT2D eigenvalue weighted by atomic mass is 16.7. The highest BCUT2D eigenvalue weighted by molar-refractivity contribution is 5.37. The molecule has 0 saturated carbocycles. The minimum atomic E-state index is -0.519. The van der Waals surface area contributed by atoms with Gasteiger partial charge in [-0.15, -0.1) is 0 Å². The largest absolute Gasteiger partial charge is 0.402 e. The average Bonchev–Trinajstić information content (AvgIpc) is 2.92. The fourth-order valence-corrected chi connectivity index (χ4v) is 2.50. The molecule has 4 N–H and O–H groups in total. The highest BCUT2D eigenvalue weighted by Crippen LogP contribution is 2.31. The van der Waals surface area contributed by atoms with Gasteiger partial charge in [0.15, 0.2) is 6.29 Å². The SMILES string of the molecule is NC1=CC=CC(N)(c2ccc(C3OCCO3)cc2)C1. The van der Waals surface area contributed by atoms with Crippen molar-refractivity contribution in [3.63, 3.8) is 0 Å². The predicted molar refractivity (Wildman–Crippen MR) is 73.0 cm³/mol. The molecular weight excluding hydrogens is 240 g/mol. The Bertz CT molecular complexity index is 515. The molecule has 100 valence electrons. The molecule has 0 aromatic heterocycles. The van der Waals surface area contributed by atoms with Crippen LogP contribution in [0.5, 0.6) is 0 Å². The van der Waals surface area contributed by atoms with E-state index in [9.17, 15) is 0 Å². The molecule has 1 unspecified atom stereocenters. The lowest BCUT2D eigenvalue weighted by Crippen LogP contribution is -2.37. The Labute approximate surface area is 112 Å². The smallest absolute Gasteiger partial charge is 0.184 e. The van der Waals surface area contributed by atoms with Gasteiger partial charge in [-0.05, 0) is 11.6 Å². The van der Waals surface area contributed by atoms with Crippen LogP contribution in [0.25, 0.3) is 0 Å². The van der Waals surface area contributed by atoms with Gasteiger partial charge in [0, 0.05) is 17.7 Å². The normalized spacial score (nSPS) is 27.5. The number of hydrogen-bond acceptors (Lipinski definition) is 4. The maximum absolute atomic E-state index is 6.40. The van der Waals surface area contributed by atoms with Gasteiger partial charge in [0.05, 0.1) is 18.8 Å². The molecule has 4 heteroatoms. The maximum Gasteiger partial charge on any atom is 0.184 e. The molecule has 19 heavy (non-hydrogen) atoms. The lowest BCUT2D eigenvalue weighted by Gasteiger charge is -2.29. The average molecular weight is 258 g/mol. The Kier molecular flexibility index (Phi) is 3.14. The Morgan fingerprint density at radius 3 is 2.42 bits per heavy atom. The molecule has 3 rings (SSSR count). The lowest BCUT2D eigenvalue weighted by atomic mass is 9.83. The summed E-state index contributed by atoms with van der Waals surface area (Å²) in [5, 5.41) is 0. The summed E-state index contributed by atoms with van der Waals surface area (Å²) >= 11 is 0. The van der Waals surface area contributed by atoms with Crippen molar-refractivity contribution in [1.29, 1.82) is 0 Å². The molecule has 1 aromatic rings. The fourth-order valence-electron chi connectivity index (χ4n) is 2.50. The third-order valence-electron chi connectivity index (χ3n) is 3.54. The van der Waals surface area contributed by atoms with Crippen molar-refractivity contribution in [2.45, 2.75) is 18.2 Å². The number of benzene rings is 1. The van der Waals surface area contributed by atoms with Crippen molar-refractivity contribution in [2.75, 3.05) is 13.2 Å². The summed E-state index contributed by atoms with van der Waals surface area (Å²) in [4.78, 5) is 0. The number of nitrogens with two attached hydrogens (primary N) is 2. The van der Waals surface area contributed by atoms with E-state index in [-0.39, 0.29) is 6.29 Å². The highest BCUT2D eigenvalue weighted by Gasteiger charge is 2.27. The first-order chi connectivity index (χ1) is 9.17.